The van der Waals surface area contributed by atoms with Crippen molar-refractivity contribution in [3.05, 3.63) is 23.3 Å². The molecule has 2 N–H and O–H groups in total. The van der Waals surface area contributed by atoms with Gasteiger partial charge in [-0.15, -0.1) is 4.67 Å². The van der Waals surface area contributed by atoms with Crippen LogP contribution in [0.4, 0.5) is 0 Å². The van der Waals surface area contributed by atoms with Gasteiger partial charge in [-0.2, -0.15) is 0 Å². The Morgan fingerprint density at radius 3 is 2.50 bits per heavy atom. The summed E-state index contributed by atoms with van der Waals surface area (Å²) in [6.07, 6.45) is 7.04. The van der Waals surface area contributed by atoms with Crippen molar-refractivity contribution in [3.63, 3.8) is 0 Å². The third kappa shape index (κ3) is 11.2. The van der Waals surface area contributed by atoms with Crippen LogP contribution in [0.2, 0.25) is 0 Å². The maximum atomic E-state index is 11.6. The van der Waals surface area contributed by atoms with E-state index in [1.54, 1.807) is 6.08 Å². The zero-order valence-corrected chi connectivity index (χ0v) is 14.4. The van der Waals surface area contributed by atoms with E-state index in [0.29, 0.717) is 0 Å². The second kappa shape index (κ2) is 13.0. The zero-order chi connectivity index (χ0) is 16.8. The molecule has 1 atom stereocenters. The van der Waals surface area contributed by atoms with E-state index in [1.165, 1.54) is 5.57 Å². The molecule has 0 aromatic rings. The summed E-state index contributed by atoms with van der Waals surface area (Å²) < 4.78 is 31.1. The normalized spacial score (nSPS) is 16.0. The van der Waals surface area contributed by atoms with E-state index >= 15 is 0 Å². The molecule has 128 valence electrons. The minimum Gasteiger partial charge on any atom is -0.396 e. The van der Waals surface area contributed by atoms with E-state index in [9.17, 15) is 9.13 Å². The first-order valence-corrected chi connectivity index (χ1v) is 9.71. The molecule has 22 heavy (non-hydrogen) atoms. The van der Waals surface area contributed by atoms with Gasteiger partial charge in [0.2, 0.25) is 0 Å². The van der Waals surface area contributed by atoms with Crippen molar-refractivity contribution < 1.29 is 38.8 Å². The summed E-state index contributed by atoms with van der Waals surface area (Å²) in [5, 5.41) is 23.3. The van der Waals surface area contributed by atoms with E-state index < -0.39 is 15.4 Å². The second-order valence-corrected chi connectivity index (χ2v) is 8.00. The third-order valence-electron chi connectivity index (χ3n) is 2.69. The van der Waals surface area contributed by atoms with Gasteiger partial charge in [0.25, 0.3) is 8.15 Å². The van der Waals surface area contributed by atoms with Crippen molar-refractivity contribution >= 4 is 15.4 Å². The molecule has 10 heteroatoms. The Hall–Kier alpha value is -0.430. The van der Waals surface area contributed by atoms with Crippen LogP contribution in [0.25, 0.3) is 0 Å². The minimum atomic E-state index is -4.00. The largest absolute Gasteiger partial charge is 0.449 e. The van der Waals surface area contributed by atoms with Crippen molar-refractivity contribution in [1.82, 2.24) is 0 Å². The Bertz CT molecular complexity index is 421. The molecule has 0 aliphatic rings. The van der Waals surface area contributed by atoms with Crippen molar-refractivity contribution in [2.24, 2.45) is 0 Å². The fourth-order valence-electron chi connectivity index (χ4n) is 1.49. The maximum Gasteiger partial charge on any atom is 0.449 e. The SMILES string of the molecule is C/C(=C\COP(=O)(OOOO)P=O)CC/C=C(\C)CCCO. The van der Waals surface area contributed by atoms with Crippen LogP contribution < -0.4 is 0 Å². The molecule has 0 saturated heterocycles. The number of allylic oxidation sites excluding steroid dienone is 3. The highest BCUT2D eigenvalue weighted by Gasteiger charge is 2.27. The minimum absolute atomic E-state index is 0.0830. The fourth-order valence-corrected chi connectivity index (χ4v) is 2.48. The molecule has 0 fully saturated rings. The van der Waals surface area contributed by atoms with Crippen molar-refractivity contribution in [1.29, 1.82) is 0 Å². The lowest BCUT2D eigenvalue weighted by atomic mass is 10.1. The van der Waals surface area contributed by atoms with Crippen LogP contribution in [0.3, 0.4) is 0 Å². The Morgan fingerprint density at radius 2 is 1.91 bits per heavy atom. The lowest BCUT2D eigenvalue weighted by molar-refractivity contribution is -0.595. The van der Waals surface area contributed by atoms with Crippen LogP contribution >= 0.6 is 15.4 Å². The molecule has 0 saturated carbocycles. The quantitative estimate of drug-likeness (QED) is 0.219. The van der Waals surface area contributed by atoms with Gasteiger partial charge in [-0.3, -0.25) is 9.09 Å². The van der Waals surface area contributed by atoms with E-state index in [4.69, 9.17) is 14.9 Å². The predicted molar refractivity (Wildman–Crippen MR) is 80.1 cm³/mol. The summed E-state index contributed by atoms with van der Waals surface area (Å²) in [5.74, 6) is 0. The van der Waals surface area contributed by atoms with Gasteiger partial charge >= 0.3 is 7.28 Å². The Labute approximate surface area is 131 Å². The van der Waals surface area contributed by atoms with E-state index in [1.807, 2.05) is 13.8 Å². The summed E-state index contributed by atoms with van der Waals surface area (Å²) in [4.78, 5) is 0. The second-order valence-electron chi connectivity index (χ2n) is 4.53. The maximum absolute atomic E-state index is 11.6. The summed E-state index contributed by atoms with van der Waals surface area (Å²) in [6, 6.07) is 0. The molecule has 0 amide bonds. The first kappa shape index (κ1) is 21.6. The van der Waals surface area contributed by atoms with Gasteiger partial charge in [0.1, 0.15) is 0 Å². The van der Waals surface area contributed by atoms with Crippen LogP contribution in [0.15, 0.2) is 23.3 Å². The molecule has 0 radical (unpaired) electrons. The zero-order valence-electron chi connectivity index (χ0n) is 12.6. The molecule has 0 bridgehead atoms. The standard InChI is InChI=1S/C12H22O8P2/c1-11(7-4-9-13)5-3-6-12(2)8-10-17-22(16,21-15)20-19-18-14/h5,8,13-14H,3-4,6-7,9-10H2,1-2H3/b11-5+,12-8+. The summed E-state index contributed by atoms with van der Waals surface area (Å²) in [6.45, 7) is 4.00. The van der Waals surface area contributed by atoms with Gasteiger partial charge in [-0.1, -0.05) is 23.3 Å². The van der Waals surface area contributed by atoms with Gasteiger partial charge in [0.05, 0.1) is 6.61 Å². The molecule has 0 aromatic carbocycles. The predicted octanol–water partition coefficient (Wildman–Crippen LogP) is 4.20. The highest BCUT2D eigenvalue weighted by atomic mass is 32.1. The lowest BCUT2D eigenvalue weighted by Crippen LogP contribution is -1.94. The number of hydrogen-bond donors (Lipinski definition) is 2. The first-order valence-electron chi connectivity index (χ1n) is 6.65. The smallest absolute Gasteiger partial charge is 0.396 e. The number of hydrogen-bond acceptors (Lipinski definition) is 8. The highest BCUT2D eigenvalue weighted by molar-refractivity contribution is 8.14. The van der Waals surface area contributed by atoms with Crippen LogP contribution in [0, 0.1) is 0 Å². The number of aliphatic hydroxyl groups excluding tert-OH is 1. The van der Waals surface area contributed by atoms with Gasteiger partial charge in [0.15, 0.2) is 0 Å². The molecular formula is C12H22O8P2. The summed E-state index contributed by atoms with van der Waals surface area (Å²) in [7, 11) is -4.91. The summed E-state index contributed by atoms with van der Waals surface area (Å²) in [5.41, 5.74) is 2.22. The average molecular weight is 356 g/mol. The highest BCUT2D eigenvalue weighted by Crippen LogP contribution is 2.60. The molecule has 0 aliphatic heterocycles. The number of aliphatic hydroxyl groups is 1. The van der Waals surface area contributed by atoms with Crippen LogP contribution in [-0.4, -0.2) is 23.6 Å². The van der Waals surface area contributed by atoms with E-state index in [2.05, 4.69) is 20.8 Å². The van der Waals surface area contributed by atoms with Gasteiger partial charge in [-0.25, -0.2) is 9.82 Å². The Kier molecular flexibility index (Phi) is 12.8. The average Bonchev–Trinajstić information content (AvgIpc) is 2.51. The van der Waals surface area contributed by atoms with Crippen molar-refractivity contribution in [2.45, 2.75) is 39.5 Å². The van der Waals surface area contributed by atoms with Crippen molar-refractivity contribution in [2.75, 3.05) is 13.2 Å². The van der Waals surface area contributed by atoms with Crippen molar-refractivity contribution in [3.8, 4) is 0 Å². The Balaban J connectivity index is 4.12. The van der Waals surface area contributed by atoms with Gasteiger partial charge < -0.3 is 5.11 Å². The van der Waals surface area contributed by atoms with E-state index in [0.717, 1.165) is 31.3 Å². The van der Waals surface area contributed by atoms with Gasteiger partial charge in [0, 0.05) is 6.61 Å². The lowest BCUT2D eigenvalue weighted by Gasteiger charge is -2.07. The molecule has 1 unspecified atom stereocenters. The summed E-state index contributed by atoms with van der Waals surface area (Å²) >= 11 is 0. The molecular weight excluding hydrogens is 334 g/mol. The fraction of sp³-hybridized carbons (Fsp3) is 0.667. The topological polar surface area (TPSA) is 112 Å². The first-order chi connectivity index (χ1) is 10.5. The molecule has 0 aliphatic carbocycles. The number of rotatable bonds is 13. The van der Waals surface area contributed by atoms with Crippen LogP contribution in [0.5, 0.6) is 0 Å². The van der Waals surface area contributed by atoms with Crippen LogP contribution in [-0.2, 0) is 28.4 Å². The third-order valence-corrected chi connectivity index (χ3v) is 4.76. The molecule has 8 nitrogen and oxygen atoms in total. The van der Waals surface area contributed by atoms with Gasteiger partial charge in [-0.05, 0) is 49.6 Å². The molecule has 0 aromatic heterocycles. The van der Waals surface area contributed by atoms with Crippen LogP contribution in [0.1, 0.15) is 39.5 Å². The molecule has 0 spiro atoms. The molecule has 0 heterocycles. The Morgan fingerprint density at radius 1 is 1.23 bits per heavy atom. The van der Waals surface area contributed by atoms with E-state index in [-0.39, 0.29) is 13.2 Å². The molecule has 0 rings (SSSR count). The monoisotopic (exact) mass is 356 g/mol.